The lowest BCUT2D eigenvalue weighted by Crippen LogP contribution is -2.36. The summed E-state index contributed by atoms with van der Waals surface area (Å²) in [6, 6.07) is 3.55. The van der Waals surface area contributed by atoms with E-state index in [9.17, 15) is 13.2 Å². The molecule has 0 amide bonds. The first-order valence-corrected chi connectivity index (χ1v) is 8.17. The molecule has 1 N–H and O–H groups in total. The fraction of sp³-hybridized carbons (Fsp3) is 0.462. The molecule has 7 nitrogen and oxygen atoms in total. The zero-order valence-electron chi connectivity index (χ0n) is 12.3. The van der Waals surface area contributed by atoms with Crippen molar-refractivity contribution >= 4 is 27.6 Å². The number of carbonyl (C=O) groups is 1. The topological polar surface area (TPSA) is 93.1 Å². The second-order valence-corrected chi connectivity index (χ2v) is 6.65. The predicted octanol–water partition coefficient (Wildman–Crippen LogP) is 1.32. The number of aromatic carboxylic acids is 1. The minimum atomic E-state index is -3.95. The van der Waals surface area contributed by atoms with E-state index < -0.39 is 16.0 Å². The second-order valence-electron chi connectivity index (χ2n) is 4.34. The van der Waals surface area contributed by atoms with Gasteiger partial charge in [0, 0.05) is 27.3 Å². The van der Waals surface area contributed by atoms with Crippen molar-refractivity contribution in [1.82, 2.24) is 4.31 Å². The van der Waals surface area contributed by atoms with Gasteiger partial charge < -0.3 is 14.6 Å². The van der Waals surface area contributed by atoms with Crippen molar-refractivity contribution in [2.24, 2.45) is 0 Å². The molecule has 0 unspecified atom stereocenters. The van der Waals surface area contributed by atoms with Crippen LogP contribution in [0.5, 0.6) is 0 Å². The maximum atomic E-state index is 12.7. The van der Waals surface area contributed by atoms with Gasteiger partial charge in [-0.2, -0.15) is 4.31 Å². The molecule has 124 valence electrons. The Morgan fingerprint density at radius 1 is 1.23 bits per heavy atom. The first-order valence-electron chi connectivity index (χ1n) is 6.35. The minimum Gasteiger partial charge on any atom is -0.478 e. The number of rotatable bonds is 9. The highest BCUT2D eigenvalue weighted by Gasteiger charge is 2.27. The third-order valence-corrected chi connectivity index (χ3v) is 5.27. The van der Waals surface area contributed by atoms with Gasteiger partial charge in [-0.15, -0.1) is 0 Å². The molecular weight excluding hydrogens is 334 g/mol. The number of halogens is 1. The maximum absolute atomic E-state index is 12.7. The number of hydrogen-bond donors (Lipinski definition) is 1. The van der Waals surface area contributed by atoms with Crippen LogP contribution >= 0.6 is 11.6 Å². The molecule has 0 aliphatic rings. The summed E-state index contributed by atoms with van der Waals surface area (Å²) in [5, 5.41) is 8.96. The van der Waals surface area contributed by atoms with Gasteiger partial charge >= 0.3 is 5.97 Å². The average molecular weight is 352 g/mol. The lowest BCUT2D eigenvalue weighted by Gasteiger charge is -2.22. The minimum absolute atomic E-state index is 0.0372. The van der Waals surface area contributed by atoms with Crippen molar-refractivity contribution in [2.45, 2.75) is 4.90 Å². The van der Waals surface area contributed by atoms with Crippen molar-refractivity contribution in [1.29, 1.82) is 0 Å². The van der Waals surface area contributed by atoms with Crippen LogP contribution in [0.3, 0.4) is 0 Å². The largest absolute Gasteiger partial charge is 0.478 e. The summed E-state index contributed by atoms with van der Waals surface area (Å²) in [5.74, 6) is -1.23. The zero-order chi connectivity index (χ0) is 16.8. The number of carboxylic acid groups (broad SMARTS) is 1. The van der Waals surface area contributed by atoms with Gasteiger partial charge in [0.25, 0.3) is 0 Å². The van der Waals surface area contributed by atoms with Gasteiger partial charge in [0.2, 0.25) is 10.0 Å². The van der Waals surface area contributed by atoms with E-state index in [1.54, 1.807) is 0 Å². The summed E-state index contributed by atoms with van der Waals surface area (Å²) in [6.45, 7) is 0.601. The van der Waals surface area contributed by atoms with Crippen LogP contribution in [0, 0.1) is 0 Å². The normalized spacial score (nSPS) is 11.8. The number of carboxylic acids is 1. The molecule has 0 atom stereocenters. The van der Waals surface area contributed by atoms with Crippen LogP contribution < -0.4 is 0 Å². The number of sulfonamides is 1. The fourth-order valence-corrected chi connectivity index (χ4v) is 3.62. The summed E-state index contributed by atoms with van der Waals surface area (Å²) in [7, 11) is -1.04. The van der Waals surface area contributed by atoms with Crippen molar-refractivity contribution in [2.75, 3.05) is 40.5 Å². The molecule has 0 spiro atoms. The van der Waals surface area contributed by atoms with Gasteiger partial charge in [-0.3, -0.25) is 0 Å². The van der Waals surface area contributed by atoms with Crippen LogP contribution in [0.25, 0.3) is 0 Å². The molecule has 1 aromatic rings. The Bertz CT molecular complexity index is 611. The Kier molecular flexibility index (Phi) is 7.24. The summed E-state index contributed by atoms with van der Waals surface area (Å²) in [6.07, 6.45) is 0. The number of methoxy groups -OCH3 is 2. The van der Waals surface area contributed by atoms with Crippen molar-refractivity contribution in [3.8, 4) is 0 Å². The molecule has 0 fully saturated rings. The summed E-state index contributed by atoms with van der Waals surface area (Å²) in [5.41, 5.74) is -0.151. The van der Waals surface area contributed by atoms with Crippen molar-refractivity contribution < 1.29 is 27.8 Å². The number of hydrogen-bond acceptors (Lipinski definition) is 5. The first kappa shape index (κ1) is 18.9. The second kappa shape index (κ2) is 8.44. The highest BCUT2D eigenvalue weighted by molar-refractivity contribution is 7.89. The van der Waals surface area contributed by atoms with Crippen LogP contribution in [0.4, 0.5) is 0 Å². The van der Waals surface area contributed by atoms with E-state index in [-0.39, 0.29) is 41.8 Å². The van der Waals surface area contributed by atoms with E-state index >= 15 is 0 Å². The summed E-state index contributed by atoms with van der Waals surface area (Å²) in [4.78, 5) is 10.8. The molecule has 0 radical (unpaired) electrons. The van der Waals surface area contributed by atoms with Gasteiger partial charge in [0.1, 0.15) is 4.90 Å². The zero-order valence-corrected chi connectivity index (χ0v) is 13.9. The fourth-order valence-electron chi connectivity index (χ4n) is 1.71. The maximum Gasteiger partial charge on any atom is 0.335 e. The van der Waals surface area contributed by atoms with E-state index in [4.69, 9.17) is 26.2 Å². The third-order valence-electron chi connectivity index (χ3n) is 2.89. The lowest BCUT2D eigenvalue weighted by atomic mass is 10.2. The summed E-state index contributed by atoms with van der Waals surface area (Å²) >= 11 is 5.94. The Morgan fingerprint density at radius 2 is 1.77 bits per heavy atom. The van der Waals surface area contributed by atoms with E-state index in [0.717, 1.165) is 10.4 Å². The van der Waals surface area contributed by atoms with Crippen LogP contribution in [0.1, 0.15) is 10.4 Å². The van der Waals surface area contributed by atoms with Gasteiger partial charge in [-0.05, 0) is 18.2 Å². The van der Waals surface area contributed by atoms with Crippen LogP contribution in [0.2, 0.25) is 5.02 Å². The Hall–Kier alpha value is -1.19. The Labute approximate surface area is 134 Å². The van der Waals surface area contributed by atoms with E-state index in [2.05, 4.69) is 0 Å². The van der Waals surface area contributed by atoms with Gasteiger partial charge in [-0.1, -0.05) is 11.6 Å². The molecule has 1 aromatic carbocycles. The molecule has 0 aliphatic heterocycles. The molecule has 1 rings (SSSR count). The molecule has 9 heteroatoms. The third kappa shape index (κ3) is 4.65. The molecular formula is C13H18ClNO6S. The van der Waals surface area contributed by atoms with E-state index in [1.807, 2.05) is 0 Å². The molecule has 0 heterocycles. The van der Waals surface area contributed by atoms with Gasteiger partial charge in [0.05, 0.1) is 23.8 Å². The van der Waals surface area contributed by atoms with Crippen LogP contribution in [0.15, 0.2) is 23.1 Å². The number of benzene rings is 1. The average Bonchev–Trinajstić information content (AvgIpc) is 2.47. The Morgan fingerprint density at radius 3 is 2.23 bits per heavy atom. The Balaban J connectivity index is 3.22. The van der Waals surface area contributed by atoms with E-state index in [1.165, 1.54) is 26.4 Å². The standard InChI is InChI=1S/C13H18ClNO6S/c1-20-7-5-15(6-8-21-2)22(18,19)12-9-10(13(16)17)3-4-11(12)14/h3-4,9H,5-8H2,1-2H3,(H,16,17). The molecule has 22 heavy (non-hydrogen) atoms. The van der Waals surface area contributed by atoms with Crippen LogP contribution in [-0.2, 0) is 19.5 Å². The lowest BCUT2D eigenvalue weighted by molar-refractivity contribution is 0.0696. The summed E-state index contributed by atoms with van der Waals surface area (Å²) < 4.78 is 36.3. The number of nitrogens with zero attached hydrogens (tertiary/aromatic N) is 1. The molecule has 0 saturated heterocycles. The monoisotopic (exact) mass is 351 g/mol. The van der Waals surface area contributed by atoms with Gasteiger partial charge in [0.15, 0.2) is 0 Å². The van der Waals surface area contributed by atoms with Crippen molar-refractivity contribution in [3.05, 3.63) is 28.8 Å². The predicted molar refractivity (Wildman–Crippen MR) is 80.9 cm³/mol. The van der Waals surface area contributed by atoms with Crippen LogP contribution in [-0.4, -0.2) is 64.3 Å². The first-order chi connectivity index (χ1) is 10.3. The molecule has 0 aliphatic carbocycles. The molecule has 0 saturated carbocycles. The van der Waals surface area contributed by atoms with E-state index in [0.29, 0.717) is 0 Å². The quantitative estimate of drug-likeness (QED) is 0.721. The highest BCUT2D eigenvalue weighted by Crippen LogP contribution is 2.26. The van der Waals surface area contributed by atoms with Gasteiger partial charge in [-0.25, -0.2) is 13.2 Å². The highest BCUT2D eigenvalue weighted by atomic mass is 35.5. The molecule has 0 bridgehead atoms. The number of ether oxygens (including phenoxy) is 2. The van der Waals surface area contributed by atoms with Crippen molar-refractivity contribution in [3.63, 3.8) is 0 Å². The molecule has 0 aromatic heterocycles. The SMILES string of the molecule is COCCN(CCOC)S(=O)(=O)c1cc(C(=O)O)ccc1Cl. The smallest absolute Gasteiger partial charge is 0.335 e.